The third kappa shape index (κ3) is 3.70. The number of carbonyl (C=O) groups is 1. The number of likely N-dealkylation sites (N-methyl/N-ethyl adjacent to an activating group) is 1. The van der Waals surface area contributed by atoms with Crippen molar-refractivity contribution in [3.63, 3.8) is 0 Å². The molecule has 1 aromatic carbocycles. The van der Waals surface area contributed by atoms with Crippen LogP contribution in [0.25, 0.3) is 0 Å². The first-order chi connectivity index (χ1) is 12.9. The van der Waals surface area contributed by atoms with E-state index in [-0.39, 0.29) is 17.9 Å². The van der Waals surface area contributed by atoms with Crippen LogP contribution in [0.5, 0.6) is 0 Å². The zero-order valence-electron chi connectivity index (χ0n) is 15.6. The van der Waals surface area contributed by atoms with Gasteiger partial charge in [-0.2, -0.15) is 0 Å². The summed E-state index contributed by atoms with van der Waals surface area (Å²) in [6, 6.07) is 8.36. The smallest absolute Gasteiger partial charge is 0.148 e. The average Bonchev–Trinajstić information content (AvgIpc) is 2.78. The van der Waals surface area contributed by atoms with Crippen LogP contribution < -0.4 is 0 Å². The zero-order valence-corrected chi connectivity index (χ0v) is 17.9. The molecule has 6 heteroatoms. The molecule has 1 aromatic heterocycles. The van der Waals surface area contributed by atoms with Crippen LogP contribution in [0.1, 0.15) is 35.3 Å². The van der Waals surface area contributed by atoms with Crippen molar-refractivity contribution in [1.29, 1.82) is 0 Å². The molecule has 0 N–H and O–H groups in total. The van der Waals surface area contributed by atoms with Gasteiger partial charge in [0.1, 0.15) is 5.78 Å². The van der Waals surface area contributed by atoms with Gasteiger partial charge in [-0.15, -0.1) is 0 Å². The van der Waals surface area contributed by atoms with Crippen molar-refractivity contribution in [1.82, 2.24) is 14.8 Å². The quantitative estimate of drug-likeness (QED) is 0.698. The number of hydrogen-bond donors (Lipinski definition) is 0. The fourth-order valence-corrected chi connectivity index (χ4v) is 4.92. The van der Waals surface area contributed by atoms with Crippen LogP contribution >= 0.6 is 27.5 Å². The number of fused-ring (bicyclic) bond motifs is 2. The van der Waals surface area contributed by atoms with Crippen LogP contribution in [0.15, 0.2) is 34.9 Å². The minimum absolute atomic E-state index is 0.0541. The number of halogens is 2. The van der Waals surface area contributed by atoms with Crippen molar-refractivity contribution in [2.24, 2.45) is 0 Å². The van der Waals surface area contributed by atoms with Gasteiger partial charge in [-0.25, -0.2) is 0 Å². The molecule has 142 valence electrons. The molecular weight excluding hydrogens is 426 g/mol. The van der Waals surface area contributed by atoms with Crippen LogP contribution in [-0.4, -0.2) is 53.3 Å². The largest absolute Gasteiger partial charge is 0.298 e. The second-order valence-corrected chi connectivity index (χ2v) is 8.90. The molecule has 0 amide bonds. The molecule has 1 aliphatic carbocycles. The van der Waals surface area contributed by atoms with Crippen LogP contribution in [0.3, 0.4) is 0 Å². The van der Waals surface area contributed by atoms with Gasteiger partial charge in [0.15, 0.2) is 0 Å². The summed E-state index contributed by atoms with van der Waals surface area (Å²) in [7, 11) is 2.04. The maximum Gasteiger partial charge on any atom is 0.148 e. The van der Waals surface area contributed by atoms with Crippen molar-refractivity contribution in [3.05, 3.63) is 62.3 Å². The summed E-state index contributed by atoms with van der Waals surface area (Å²) >= 11 is 9.86. The van der Waals surface area contributed by atoms with E-state index in [1.807, 2.05) is 19.3 Å². The van der Waals surface area contributed by atoms with Gasteiger partial charge in [-0.05, 0) is 77.6 Å². The topological polar surface area (TPSA) is 36.4 Å². The predicted molar refractivity (Wildman–Crippen MR) is 111 cm³/mol. The summed E-state index contributed by atoms with van der Waals surface area (Å²) in [5, 5.41) is 0.771. The van der Waals surface area contributed by atoms with E-state index in [4.69, 9.17) is 16.6 Å². The molecule has 0 saturated carbocycles. The van der Waals surface area contributed by atoms with Gasteiger partial charge in [0, 0.05) is 35.3 Å². The van der Waals surface area contributed by atoms with E-state index in [0.717, 1.165) is 47.7 Å². The van der Waals surface area contributed by atoms with E-state index in [1.54, 1.807) is 6.92 Å². The van der Waals surface area contributed by atoms with Gasteiger partial charge in [0.2, 0.25) is 0 Å². The molecule has 1 aliphatic heterocycles. The summed E-state index contributed by atoms with van der Waals surface area (Å²) in [4.78, 5) is 21.6. The summed E-state index contributed by atoms with van der Waals surface area (Å²) in [6.45, 7) is 4.18. The maximum absolute atomic E-state index is 12.2. The van der Waals surface area contributed by atoms with E-state index < -0.39 is 0 Å². The lowest BCUT2D eigenvalue weighted by Gasteiger charge is -2.42. The maximum atomic E-state index is 12.2. The molecule has 4 nitrogen and oxygen atoms in total. The van der Waals surface area contributed by atoms with Crippen molar-refractivity contribution in [2.75, 3.05) is 26.7 Å². The molecule has 4 rings (SSSR count). The molecule has 27 heavy (non-hydrogen) atoms. The van der Waals surface area contributed by atoms with E-state index in [9.17, 15) is 4.79 Å². The minimum Gasteiger partial charge on any atom is -0.298 e. The van der Waals surface area contributed by atoms with Crippen LogP contribution in [0.2, 0.25) is 5.02 Å². The molecule has 2 aliphatic rings. The second-order valence-electron chi connectivity index (χ2n) is 7.55. The second kappa shape index (κ2) is 7.63. The van der Waals surface area contributed by atoms with Crippen LogP contribution in [-0.2, 0) is 17.6 Å². The zero-order chi connectivity index (χ0) is 19.1. The highest BCUT2D eigenvalue weighted by Gasteiger charge is 2.36. The number of aryl methyl sites for hydroxylation is 2. The average molecular weight is 449 g/mol. The number of aromatic nitrogens is 1. The number of pyridine rings is 1. The van der Waals surface area contributed by atoms with Gasteiger partial charge in [-0.3, -0.25) is 19.6 Å². The molecule has 0 radical (unpaired) electrons. The van der Waals surface area contributed by atoms with Gasteiger partial charge in [0.05, 0.1) is 17.8 Å². The highest BCUT2D eigenvalue weighted by molar-refractivity contribution is 9.10. The van der Waals surface area contributed by atoms with Crippen molar-refractivity contribution >= 4 is 33.3 Å². The van der Waals surface area contributed by atoms with Crippen molar-refractivity contribution in [3.8, 4) is 0 Å². The molecule has 1 fully saturated rings. The molecule has 2 atom stereocenters. The standard InChI is InChI=1S/C21H23BrClN3O/c1-13(27)19-12-26(8-7-25(19)2)21-18-6-5-17(23)10-14(18)3-4-15-9-16(22)11-24-20(15)21/h5-6,9-11,19,21H,3-4,7-8,12H2,1-2H3/t19-,21?/m1/s1. The Kier molecular flexibility index (Phi) is 5.39. The first-order valence-electron chi connectivity index (χ1n) is 9.31. The summed E-state index contributed by atoms with van der Waals surface area (Å²) < 4.78 is 1.00. The Labute approximate surface area is 173 Å². The summed E-state index contributed by atoms with van der Waals surface area (Å²) in [6.07, 6.45) is 3.77. The molecule has 1 saturated heterocycles. The molecule has 2 aromatic rings. The highest BCUT2D eigenvalue weighted by atomic mass is 79.9. The molecule has 2 heterocycles. The number of rotatable bonds is 2. The normalized spacial score (nSPS) is 23.4. The van der Waals surface area contributed by atoms with E-state index in [0.29, 0.717) is 0 Å². The molecule has 0 spiro atoms. The van der Waals surface area contributed by atoms with E-state index in [2.05, 4.69) is 43.9 Å². The number of hydrogen-bond acceptors (Lipinski definition) is 4. The van der Waals surface area contributed by atoms with Gasteiger partial charge < -0.3 is 0 Å². The Hall–Kier alpha value is -1.27. The number of piperazine rings is 1. The Morgan fingerprint density at radius 1 is 1.22 bits per heavy atom. The van der Waals surface area contributed by atoms with Gasteiger partial charge in [-0.1, -0.05) is 17.7 Å². The number of nitrogens with zero attached hydrogens (tertiary/aromatic N) is 3. The van der Waals surface area contributed by atoms with Gasteiger partial charge in [0.25, 0.3) is 0 Å². The fourth-order valence-electron chi connectivity index (χ4n) is 4.35. The first-order valence-corrected chi connectivity index (χ1v) is 10.5. The Bertz CT molecular complexity index is 834. The van der Waals surface area contributed by atoms with Gasteiger partial charge >= 0.3 is 0 Å². The third-order valence-corrected chi connectivity index (χ3v) is 6.47. The summed E-state index contributed by atoms with van der Waals surface area (Å²) in [5.74, 6) is 0.219. The highest BCUT2D eigenvalue weighted by Crippen LogP contribution is 2.38. The lowest BCUT2D eigenvalue weighted by molar-refractivity contribution is -0.124. The monoisotopic (exact) mass is 447 g/mol. The van der Waals surface area contributed by atoms with E-state index >= 15 is 0 Å². The van der Waals surface area contributed by atoms with E-state index in [1.165, 1.54) is 16.7 Å². The molecule has 0 bridgehead atoms. The summed E-state index contributed by atoms with van der Waals surface area (Å²) in [5.41, 5.74) is 4.91. The number of ketones is 1. The number of benzene rings is 1. The lowest BCUT2D eigenvalue weighted by Crippen LogP contribution is -2.55. The number of Topliss-reactive ketones (excluding diaryl/α,β-unsaturated/α-hetero) is 1. The Morgan fingerprint density at radius 3 is 2.78 bits per heavy atom. The van der Waals surface area contributed by atoms with Crippen molar-refractivity contribution in [2.45, 2.75) is 31.8 Å². The fraction of sp³-hybridized carbons (Fsp3) is 0.429. The van der Waals surface area contributed by atoms with Crippen LogP contribution in [0.4, 0.5) is 0 Å². The third-order valence-electron chi connectivity index (χ3n) is 5.80. The Morgan fingerprint density at radius 2 is 2.00 bits per heavy atom. The number of carbonyl (C=O) groups excluding carboxylic acids is 1. The molecular formula is C21H23BrClN3O. The van der Waals surface area contributed by atoms with Crippen molar-refractivity contribution < 1.29 is 4.79 Å². The Balaban J connectivity index is 1.82. The lowest BCUT2D eigenvalue weighted by atomic mass is 9.95. The predicted octanol–water partition coefficient (Wildman–Crippen LogP) is 3.89. The van der Waals surface area contributed by atoms with Crippen LogP contribution in [0, 0.1) is 0 Å². The molecule has 1 unspecified atom stereocenters. The minimum atomic E-state index is -0.0725. The first kappa shape index (κ1) is 19.1. The SMILES string of the molecule is CC(=O)[C@H]1CN(C2c3ccc(Cl)cc3CCc3cc(Br)cnc32)CCN1C.